The normalized spacial score (nSPS) is 17.3. The lowest BCUT2D eigenvalue weighted by atomic mass is 10.4. The van der Waals surface area contributed by atoms with E-state index < -0.39 is 9.84 Å². The van der Waals surface area contributed by atoms with Crippen LogP contribution in [-0.2, 0) is 9.84 Å². The fourth-order valence-corrected chi connectivity index (χ4v) is 2.57. The maximum absolute atomic E-state index is 11.3. The highest BCUT2D eigenvalue weighted by Crippen LogP contribution is 2.26. The maximum Gasteiger partial charge on any atom is 0.150 e. The van der Waals surface area contributed by atoms with Gasteiger partial charge in [0.2, 0.25) is 0 Å². The van der Waals surface area contributed by atoms with Gasteiger partial charge >= 0.3 is 0 Å². The van der Waals surface area contributed by atoms with Gasteiger partial charge in [-0.3, -0.25) is 4.90 Å². The first-order valence-corrected chi connectivity index (χ1v) is 7.55. The van der Waals surface area contributed by atoms with Gasteiger partial charge in [0.05, 0.1) is 5.75 Å². The summed E-state index contributed by atoms with van der Waals surface area (Å²) in [6.07, 6.45) is 3.24. The lowest BCUT2D eigenvalue weighted by molar-refractivity contribution is 0.272. The molecule has 0 unspecified atom stereocenters. The van der Waals surface area contributed by atoms with Crippen LogP contribution in [-0.4, -0.2) is 50.5 Å². The van der Waals surface area contributed by atoms with Gasteiger partial charge in [-0.2, -0.15) is 0 Å². The van der Waals surface area contributed by atoms with E-state index in [4.69, 9.17) is 5.73 Å². The van der Waals surface area contributed by atoms with E-state index in [1.165, 1.54) is 12.8 Å². The summed E-state index contributed by atoms with van der Waals surface area (Å²) in [7, 11) is -2.79. The van der Waals surface area contributed by atoms with Crippen molar-refractivity contribution < 1.29 is 8.42 Å². The van der Waals surface area contributed by atoms with E-state index in [9.17, 15) is 8.42 Å². The molecule has 1 rings (SSSR count). The van der Waals surface area contributed by atoms with Gasteiger partial charge < -0.3 is 5.73 Å². The second-order valence-corrected chi connectivity index (χ2v) is 6.62. The van der Waals surface area contributed by atoms with E-state index in [1.54, 1.807) is 6.92 Å². The zero-order chi connectivity index (χ0) is 11.3. The molecule has 1 aliphatic carbocycles. The highest BCUT2D eigenvalue weighted by Gasteiger charge is 2.27. The van der Waals surface area contributed by atoms with Crippen molar-refractivity contribution in [2.24, 2.45) is 5.73 Å². The number of hydrogen-bond acceptors (Lipinski definition) is 4. The van der Waals surface area contributed by atoms with E-state index in [2.05, 4.69) is 4.90 Å². The largest absolute Gasteiger partial charge is 0.329 e. The van der Waals surface area contributed by atoms with E-state index in [0.29, 0.717) is 18.3 Å². The van der Waals surface area contributed by atoms with Crippen LogP contribution in [0.25, 0.3) is 0 Å². The molecule has 0 aromatic carbocycles. The summed E-state index contributed by atoms with van der Waals surface area (Å²) in [6.45, 7) is 4.14. The average molecular weight is 234 g/mol. The molecule has 0 aromatic heterocycles. The van der Waals surface area contributed by atoms with Crippen LogP contribution in [0.1, 0.15) is 26.2 Å². The molecule has 90 valence electrons. The minimum Gasteiger partial charge on any atom is -0.329 e. The predicted molar refractivity (Wildman–Crippen MR) is 62.6 cm³/mol. The molecular formula is C10H22N2O2S. The summed E-state index contributed by atoms with van der Waals surface area (Å²) in [4.78, 5) is 2.32. The minimum atomic E-state index is -2.79. The van der Waals surface area contributed by atoms with Gasteiger partial charge in [0, 0.05) is 24.9 Å². The van der Waals surface area contributed by atoms with Crippen molar-refractivity contribution in [3.8, 4) is 0 Å². The van der Waals surface area contributed by atoms with Crippen molar-refractivity contribution in [2.45, 2.75) is 32.2 Å². The number of rotatable bonds is 8. The second-order valence-electron chi connectivity index (χ2n) is 4.15. The molecule has 1 aliphatic rings. The Morgan fingerprint density at radius 2 is 2.00 bits per heavy atom. The van der Waals surface area contributed by atoms with Gasteiger partial charge in [0.25, 0.3) is 0 Å². The van der Waals surface area contributed by atoms with Crippen molar-refractivity contribution in [3.63, 3.8) is 0 Å². The third-order valence-corrected chi connectivity index (χ3v) is 4.61. The Bertz CT molecular complexity index is 273. The lowest BCUT2D eigenvalue weighted by Crippen LogP contribution is -2.33. The summed E-state index contributed by atoms with van der Waals surface area (Å²) < 4.78 is 22.6. The smallest absolute Gasteiger partial charge is 0.150 e. The van der Waals surface area contributed by atoms with Crippen LogP contribution >= 0.6 is 0 Å². The fourth-order valence-electron chi connectivity index (χ4n) is 1.71. The molecule has 0 bridgehead atoms. The maximum atomic E-state index is 11.3. The predicted octanol–water partition coefficient (Wildman–Crippen LogP) is 0.234. The van der Waals surface area contributed by atoms with Gasteiger partial charge in [-0.05, 0) is 25.8 Å². The SMILES string of the molecule is CCS(=O)(=O)CCCN(CCN)C1CC1. The van der Waals surface area contributed by atoms with Gasteiger partial charge in [-0.15, -0.1) is 0 Å². The first-order chi connectivity index (χ1) is 7.09. The zero-order valence-electron chi connectivity index (χ0n) is 9.48. The van der Waals surface area contributed by atoms with Gasteiger partial charge in [-0.1, -0.05) is 6.92 Å². The van der Waals surface area contributed by atoms with Crippen molar-refractivity contribution in [1.29, 1.82) is 0 Å². The third kappa shape index (κ3) is 4.95. The third-order valence-electron chi connectivity index (χ3n) is 2.82. The Balaban J connectivity index is 2.22. The second kappa shape index (κ2) is 5.82. The van der Waals surface area contributed by atoms with Crippen molar-refractivity contribution in [2.75, 3.05) is 31.1 Å². The van der Waals surface area contributed by atoms with E-state index in [-0.39, 0.29) is 5.75 Å². The highest BCUT2D eigenvalue weighted by molar-refractivity contribution is 7.91. The van der Waals surface area contributed by atoms with Crippen LogP contribution in [0.4, 0.5) is 0 Å². The summed E-state index contributed by atoms with van der Waals surface area (Å²) in [5, 5.41) is 0. The quantitative estimate of drug-likeness (QED) is 0.653. The lowest BCUT2D eigenvalue weighted by Gasteiger charge is -2.20. The monoisotopic (exact) mass is 234 g/mol. The standard InChI is InChI=1S/C10H22N2O2S/c1-2-15(13,14)9-3-7-12(8-6-11)10-4-5-10/h10H,2-9,11H2,1H3. The van der Waals surface area contributed by atoms with Crippen molar-refractivity contribution in [1.82, 2.24) is 4.90 Å². The van der Waals surface area contributed by atoms with Crippen LogP contribution in [0, 0.1) is 0 Å². The van der Waals surface area contributed by atoms with Crippen molar-refractivity contribution in [3.05, 3.63) is 0 Å². The summed E-state index contributed by atoms with van der Waals surface area (Å²) in [6, 6.07) is 0.679. The fraction of sp³-hybridized carbons (Fsp3) is 1.00. The molecular weight excluding hydrogens is 212 g/mol. The van der Waals surface area contributed by atoms with Crippen LogP contribution in [0.3, 0.4) is 0 Å². The van der Waals surface area contributed by atoms with Crippen molar-refractivity contribution >= 4 is 9.84 Å². The minimum absolute atomic E-state index is 0.257. The van der Waals surface area contributed by atoms with Gasteiger partial charge in [0.15, 0.2) is 0 Å². The number of nitrogens with two attached hydrogens (primary N) is 1. The topological polar surface area (TPSA) is 63.4 Å². The molecule has 5 heteroatoms. The molecule has 0 atom stereocenters. The molecule has 0 amide bonds. The Morgan fingerprint density at radius 1 is 1.33 bits per heavy atom. The van der Waals surface area contributed by atoms with E-state index in [1.807, 2.05) is 0 Å². The molecule has 4 nitrogen and oxygen atoms in total. The highest BCUT2D eigenvalue weighted by atomic mass is 32.2. The molecule has 0 aromatic rings. The molecule has 0 saturated heterocycles. The molecule has 1 fully saturated rings. The Labute approximate surface area is 92.7 Å². The van der Waals surface area contributed by atoms with Gasteiger partial charge in [0.1, 0.15) is 9.84 Å². The van der Waals surface area contributed by atoms with Gasteiger partial charge in [-0.25, -0.2) is 8.42 Å². The first kappa shape index (κ1) is 12.9. The molecule has 0 aliphatic heterocycles. The Morgan fingerprint density at radius 3 is 2.47 bits per heavy atom. The first-order valence-electron chi connectivity index (χ1n) is 5.73. The van der Waals surface area contributed by atoms with Crippen LogP contribution < -0.4 is 5.73 Å². The number of nitrogens with zero attached hydrogens (tertiary/aromatic N) is 1. The number of sulfone groups is 1. The van der Waals surface area contributed by atoms with Crippen LogP contribution in [0.2, 0.25) is 0 Å². The Hall–Kier alpha value is -0.130. The summed E-state index contributed by atoms with van der Waals surface area (Å²) in [5.41, 5.74) is 5.52. The van der Waals surface area contributed by atoms with E-state index >= 15 is 0 Å². The molecule has 2 N–H and O–H groups in total. The molecule has 1 saturated carbocycles. The average Bonchev–Trinajstić information content (AvgIpc) is 3.00. The molecule has 15 heavy (non-hydrogen) atoms. The summed E-state index contributed by atoms with van der Waals surface area (Å²) in [5.74, 6) is 0.574. The zero-order valence-corrected chi connectivity index (χ0v) is 10.3. The molecule has 0 radical (unpaired) electrons. The number of hydrogen-bond donors (Lipinski definition) is 1. The Kier molecular flexibility index (Phi) is 5.02. The summed E-state index contributed by atoms with van der Waals surface area (Å²) >= 11 is 0. The van der Waals surface area contributed by atoms with Crippen LogP contribution in [0.5, 0.6) is 0 Å². The van der Waals surface area contributed by atoms with Crippen LogP contribution in [0.15, 0.2) is 0 Å². The molecule has 0 spiro atoms. The van der Waals surface area contributed by atoms with E-state index in [0.717, 1.165) is 19.5 Å². The molecule has 0 heterocycles.